The van der Waals surface area contributed by atoms with Gasteiger partial charge in [0.1, 0.15) is 0 Å². The van der Waals surface area contributed by atoms with Gasteiger partial charge in [0.15, 0.2) is 0 Å². The first-order valence-electron chi connectivity index (χ1n) is 6.76. The number of esters is 2. The molecule has 25 heavy (non-hydrogen) atoms. The molecule has 2 radical (unpaired) electrons. The van der Waals surface area contributed by atoms with Gasteiger partial charge in [-0.15, -0.1) is 0 Å². The molecule has 2 heterocycles. The van der Waals surface area contributed by atoms with Crippen molar-refractivity contribution in [3.05, 3.63) is 23.0 Å². The third-order valence-corrected chi connectivity index (χ3v) is 4.49. The van der Waals surface area contributed by atoms with E-state index in [1.165, 1.54) is 0 Å². The van der Waals surface area contributed by atoms with E-state index in [9.17, 15) is 30.0 Å². The average Bonchev–Trinajstić information content (AvgIpc) is 3.05. The van der Waals surface area contributed by atoms with Gasteiger partial charge >= 0.3 is 146 Å². The Hall–Kier alpha value is -2.00. The second-order valence-electron chi connectivity index (χ2n) is 4.86. The van der Waals surface area contributed by atoms with Crippen molar-refractivity contribution in [3.8, 4) is 0 Å². The van der Waals surface area contributed by atoms with Gasteiger partial charge in [-0.05, 0) is 0 Å². The van der Waals surface area contributed by atoms with Crippen LogP contribution in [0.25, 0.3) is 0 Å². The van der Waals surface area contributed by atoms with Crippen molar-refractivity contribution in [2.24, 2.45) is 0 Å². The molecule has 0 aliphatic carbocycles. The van der Waals surface area contributed by atoms with Crippen LogP contribution in [0.3, 0.4) is 0 Å². The summed E-state index contributed by atoms with van der Waals surface area (Å²) in [5.74, 6) is -5.14. The van der Waals surface area contributed by atoms with E-state index >= 15 is 0 Å². The van der Waals surface area contributed by atoms with E-state index in [0.717, 1.165) is 0 Å². The molecule has 0 aromatic rings. The standard InChI is InChI=1S/C12H14GeO12/c14-1-3(16)7-9(5(18)11(20)22-7)24-13-25-10-6(19)12(21)23-8(10)4(17)2-15/h3-4,7-8,14-19H,1-2H2/t3-,4-,7+,8+/m0/s1. The molecule has 2 rings (SSSR count). The maximum atomic E-state index is 11.3. The fraction of sp³-hybridized carbons (Fsp3) is 0.500. The number of aliphatic hydroxyl groups is 6. The third kappa shape index (κ3) is 3.82. The number of ether oxygens (including phenoxy) is 2. The summed E-state index contributed by atoms with van der Waals surface area (Å²) in [6, 6.07) is 0. The molecule has 0 fully saturated rings. The summed E-state index contributed by atoms with van der Waals surface area (Å²) in [6.45, 7) is -1.56. The molecule has 0 spiro atoms. The quantitative estimate of drug-likeness (QED) is 0.168. The van der Waals surface area contributed by atoms with Gasteiger partial charge in [0.25, 0.3) is 0 Å². The summed E-state index contributed by atoms with van der Waals surface area (Å²) in [5.41, 5.74) is 0. The molecule has 0 unspecified atom stereocenters. The Morgan fingerprint density at radius 1 is 0.880 bits per heavy atom. The Morgan fingerprint density at radius 2 is 1.24 bits per heavy atom. The van der Waals surface area contributed by atoms with E-state index < -0.39 is 88.7 Å². The zero-order chi connectivity index (χ0) is 18.7. The summed E-state index contributed by atoms with van der Waals surface area (Å²) in [5, 5.41) is 56.0. The summed E-state index contributed by atoms with van der Waals surface area (Å²) in [4.78, 5) is 22.6. The number of aliphatic hydroxyl groups excluding tert-OH is 6. The minimum atomic E-state index is -2.05. The van der Waals surface area contributed by atoms with Crippen LogP contribution in [0.5, 0.6) is 0 Å². The third-order valence-electron chi connectivity index (χ3n) is 3.21. The Labute approximate surface area is 146 Å². The van der Waals surface area contributed by atoms with E-state index in [0.29, 0.717) is 0 Å². The van der Waals surface area contributed by atoms with Crippen LogP contribution in [0.1, 0.15) is 0 Å². The zero-order valence-corrected chi connectivity index (χ0v) is 14.5. The van der Waals surface area contributed by atoms with E-state index in [4.69, 9.17) is 17.7 Å². The van der Waals surface area contributed by atoms with E-state index in [1.54, 1.807) is 0 Å². The number of hydrogen-bond donors (Lipinski definition) is 6. The first kappa shape index (κ1) is 19.3. The van der Waals surface area contributed by atoms with Crippen molar-refractivity contribution < 1.29 is 57.2 Å². The Balaban J connectivity index is 2.05. The van der Waals surface area contributed by atoms with Gasteiger partial charge in [0.2, 0.25) is 0 Å². The molecule has 2 aliphatic rings. The van der Waals surface area contributed by atoms with E-state index in [-0.39, 0.29) is 0 Å². The zero-order valence-electron chi connectivity index (χ0n) is 12.4. The van der Waals surface area contributed by atoms with Crippen molar-refractivity contribution in [2.45, 2.75) is 24.4 Å². The summed E-state index contributed by atoms with van der Waals surface area (Å²) in [6.07, 6.45) is -6.01. The molecular formula is C12H14GeO12. The topological polar surface area (TPSA) is 192 Å². The fourth-order valence-corrected chi connectivity index (χ4v) is 3.30. The summed E-state index contributed by atoms with van der Waals surface area (Å²) in [7, 11) is 0. The van der Waals surface area contributed by atoms with Gasteiger partial charge in [0, 0.05) is 0 Å². The normalized spacial score (nSPS) is 25.8. The van der Waals surface area contributed by atoms with Crippen molar-refractivity contribution >= 4 is 28.0 Å². The molecule has 6 N–H and O–H groups in total. The molecule has 0 aromatic carbocycles. The molecule has 0 amide bonds. The molecule has 0 bridgehead atoms. The number of carbonyl (C=O) groups excluding carboxylic acids is 2. The van der Waals surface area contributed by atoms with Crippen LogP contribution in [0.15, 0.2) is 23.0 Å². The molecule has 13 heteroatoms. The molecule has 4 atom stereocenters. The number of hydrogen-bond acceptors (Lipinski definition) is 12. The minimum absolute atomic E-state index is 0.476. The Bertz CT molecular complexity index is 561. The number of rotatable bonds is 8. The molecule has 0 saturated carbocycles. The van der Waals surface area contributed by atoms with E-state index in [1.807, 2.05) is 0 Å². The second kappa shape index (κ2) is 7.92. The molecule has 2 aliphatic heterocycles. The molecule has 0 saturated heterocycles. The second-order valence-corrected chi connectivity index (χ2v) is 6.07. The van der Waals surface area contributed by atoms with Crippen LogP contribution in [-0.4, -0.2) is 96.3 Å². The van der Waals surface area contributed by atoms with Crippen molar-refractivity contribution in [1.29, 1.82) is 0 Å². The van der Waals surface area contributed by atoms with Crippen LogP contribution in [-0.2, 0) is 26.6 Å². The summed E-state index contributed by atoms with van der Waals surface area (Å²) < 4.78 is 19.4. The van der Waals surface area contributed by atoms with Crippen LogP contribution < -0.4 is 0 Å². The molecular weight excluding hydrogens is 409 g/mol. The van der Waals surface area contributed by atoms with Gasteiger partial charge in [-0.2, -0.15) is 0 Å². The average molecular weight is 423 g/mol. The van der Waals surface area contributed by atoms with E-state index in [2.05, 4.69) is 9.47 Å². The van der Waals surface area contributed by atoms with Gasteiger partial charge in [-0.1, -0.05) is 0 Å². The first-order valence-corrected chi connectivity index (χ1v) is 8.47. The van der Waals surface area contributed by atoms with Crippen LogP contribution in [0.4, 0.5) is 0 Å². The van der Waals surface area contributed by atoms with Crippen molar-refractivity contribution in [3.63, 3.8) is 0 Å². The van der Waals surface area contributed by atoms with Crippen LogP contribution in [0, 0.1) is 0 Å². The number of cyclic esters (lactones) is 2. The molecule has 12 nitrogen and oxygen atoms in total. The predicted molar refractivity (Wildman–Crippen MR) is 73.2 cm³/mol. The maximum absolute atomic E-state index is 11.3. The summed E-state index contributed by atoms with van der Waals surface area (Å²) >= 11 is -2.05. The van der Waals surface area contributed by atoms with Crippen molar-refractivity contribution in [2.75, 3.05) is 13.2 Å². The Kier molecular flexibility index (Phi) is 6.12. The van der Waals surface area contributed by atoms with Gasteiger partial charge in [-0.3, -0.25) is 0 Å². The predicted octanol–water partition coefficient (Wildman–Crippen LogP) is -3.35. The van der Waals surface area contributed by atoms with Gasteiger partial charge in [-0.25, -0.2) is 0 Å². The fourth-order valence-electron chi connectivity index (χ4n) is 1.94. The monoisotopic (exact) mass is 424 g/mol. The molecule has 138 valence electrons. The first-order chi connectivity index (χ1) is 11.8. The van der Waals surface area contributed by atoms with Crippen LogP contribution in [0.2, 0.25) is 0 Å². The molecule has 0 aromatic heterocycles. The SMILES string of the molecule is O=C1O[C@H]([C@@H](O)CO)C([O][Ge][O]C2=C(O)C(=O)O[C@@H]2[C@@H](O)CO)=C1O. The Morgan fingerprint density at radius 3 is 1.56 bits per heavy atom. The van der Waals surface area contributed by atoms with Crippen LogP contribution >= 0.6 is 0 Å². The van der Waals surface area contributed by atoms with Gasteiger partial charge in [0.05, 0.1) is 0 Å². The number of carbonyl (C=O) groups is 2. The van der Waals surface area contributed by atoms with Crippen molar-refractivity contribution in [1.82, 2.24) is 0 Å². The van der Waals surface area contributed by atoms with Gasteiger partial charge < -0.3 is 0 Å².